The highest BCUT2D eigenvalue weighted by Crippen LogP contribution is 2.21. The molecule has 1 aliphatic rings. The van der Waals surface area contributed by atoms with Gasteiger partial charge in [-0.05, 0) is 6.42 Å². The van der Waals surface area contributed by atoms with Crippen LogP contribution in [0.15, 0.2) is 12.1 Å². The minimum absolute atomic E-state index is 0.163. The molecule has 2 rings (SSSR count). The maximum atomic E-state index is 13.3. The molecule has 0 aromatic heterocycles. The van der Waals surface area contributed by atoms with Crippen LogP contribution in [0.2, 0.25) is 0 Å². The van der Waals surface area contributed by atoms with Crippen molar-refractivity contribution in [1.82, 2.24) is 5.32 Å². The van der Waals surface area contributed by atoms with Crippen LogP contribution in [0, 0.1) is 17.5 Å². The number of carbonyl (C=O) groups excluding carboxylic acids is 1. The molecule has 7 heteroatoms. The lowest BCUT2D eigenvalue weighted by Crippen LogP contribution is -2.36. The Morgan fingerprint density at radius 1 is 1.33 bits per heavy atom. The van der Waals surface area contributed by atoms with Crippen molar-refractivity contribution >= 4 is 11.6 Å². The minimum atomic E-state index is -1.18. The molecule has 98 valence electrons. The number of nitrogens with one attached hydrogen (secondary N) is 2. The Balaban J connectivity index is 2.12. The van der Waals surface area contributed by atoms with Crippen LogP contribution in [-0.4, -0.2) is 29.7 Å². The average molecular weight is 260 g/mol. The first-order valence-corrected chi connectivity index (χ1v) is 5.34. The summed E-state index contributed by atoms with van der Waals surface area (Å²) in [6.45, 7) is 0.243. The lowest BCUT2D eigenvalue weighted by molar-refractivity contribution is -0.118. The van der Waals surface area contributed by atoms with Crippen LogP contribution in [0.4, 0.5) is 18.9 Å². The number of aliphatic hydroxyl groups is 1. The van der Waals surface area contributed by atoms with E-state index in [0.717, 1.165) is 0 Å². The van der Waals surface area contributed by atoms with Crippen LogP contribution in [0.5, 0.6) is 0 Å². The summed E-state index contributed by atoms with van der Waals surface area (Å²) < 4.78 is 39.2. The molecule has 1 fully saturated rings. The molecule has 1 aromatic rings. The van der Waals surface area contributed by atoms with Crippen molar-refractivity contribution in [3.63, 3.8) is 0 Å². The van der Waals surface area contributed by atoms with Gasteiger partial charge in [0.15, 0.2) is 11.6 Å². The van der Waals surface area contributed by atoms with Gasteiger partial charge in [-0.3, -0.25) is 4.79 Å². The van der Waals surface area contributed by atoms with Gasteiger partial charge in [-0.15, -0.1) is 0 Å². The number of rotatable bonds is 2. The molecule has 1 aliphatic heterocycles. The van der Waals surface area contributed by atoms with Crippen LogP contribution in [0.3, 0.4) is 0 Å². The summed E-state index contributed by atoms with van der Waals surface area (Å²) in [6.07, 6.45) is -0.500. The number of halogens is 3. The summed E-state index contributed by atoms with van der Waals surface area (Å²) in [7, 11) is 0. The fourth-order valence-electron chi connectivity index (χ4n) is 1.79. The topological polar surface area (TPSA) is 61.4 Å². The van der Waals surface area contributed by atoms with Crippen molar-refractivity contribution in [3.8, 4) is 0 Å². The van der Waals surface area contributed by atoms with E-state index in [1.807, 2.05) is 5.32 Å². The number of hydrogen-bond donors (Lipinski definition) is 3. The normalized spacial score (nSPS) is 23.1. The third kappa shape index (κ3) is 2.62. The molecule has 2 atom stereocenters. The number of aliphatic hydroxyl groups excluding tert-OH is 1. The molecular weight excluding hydrogens is 249 g/mol. The highest BCUT2D eigenvalue weighted by atomic mass is 19.1. The van der Waals surface area contributed by atoms with Crippen LogP contribution in [0.25, 0.3) is 0 Å². The van der Waals surface area contributed by atoms with Crippen molar-refractivity contribution in [2.45, 2.75) is 18.6 Å². The Morgan fingerprint density at radius 3 is 2.44 bits per heavy atom. The maximum Gasteiger partial charge on any atom is 0.241 e. The second-order valence-corrected chi connectivity index (χ2v) is 4.08. The Kier molecular flexibility index (Phi) is 3.53. The van der Waals surface area contributed by atoms with Gasteiger partial charge in [0.2, 0.25) is 5.91 Å². The molecule has 4 nitrogen and oxygen atoms in total. The fourth-order valence-corrected chi connectivity index (χ4v) is 1.79. The second kappa shape index (κ2) is 4.95. The average Bonchev–Trinajstić information content (AvgIpc) is 2.70. The first-order chi connectivity index (χ1) is 8.47. The van der Waals surface area contributed by atoms with Gasteiger partial charge < -0.3 is 15.7 Å². The molecule has 1 amide bonds. The largest absolute Gasteiger partial charge is 0.392 e. The lowest BCUT2D eigenvalue weighted by atomic mass is 10.2. The molecule has 3 N–H and O–H groups in total. The summed E-state index contributed by atoms with van der Waals surface area (Å²) in [6, 6.07) is 0.245. The summed E-state index contributed by atoms with van der Waals surface area (Å²) in [5.41, 5.74) is -0.690. The van der Waals surface area contributed by atoms with Gasteiger partial charge in [0, 0.05) is 18.7 Å². The number of amides is 1. The first-order valence-electron chi connectivity index (χ1n) is 5.34. The zero-order chi connectivity index (χ0) is 13.3. The third-order valence-corrected chi connectivity index (χ3v) is 2.68. The van der Waals surface area contributed by atoms with E-state index >= 15 is 0 Å². The Bertz CT molecular complexity index is 458. The predicted octanol–water partition coefficient (Wildman–Crippen LogP) is 0.765. The predicted molar refractivity (Wildman–Crippen MR) is 57.4 cm³/mol. The van der Waals surface area contributed by atoms with E-state index in [-0.39, 0.29) is 13.0 Å². The number of anilines is 1. The van der Waals surface area contributed by atoms with Gasteiger partial charge in [-0.1, -0.05) is 0 Å². The van der Waals surface area contributed by atoms with Crippen LogP contribution >= 0.6 is 0 Å². The van der Waals surface area contributed by atoms with E-state index in [2.05, 4.69) is 5.32 Å². The van der Waals surface area contributed by atoms with Gasteiger partial charge in [-0.2, -0.15) is 0 Å². The summed E-state index contributed by atoms with van der Waals surface area (Å²) in [4.78, 5) is 11.6. The van der Waals surface area contributed by atoms with Crippen molar-refractivity contribution < 1.29 is 23.1 Å². The molecule has 1 heterocycles. The van der Waals surface area contributed by atoms with E-state index in [9.17, 15) is 23.1 Å². The quantitative estimate of drug-likeness (QED) is 0.736. The summed E-state index contributed by atoms with van der Waals surface area (Å²) >= 11 is 0. The minimum Gasteiger partial charge on any atom is -0.392 e. The SMILES string of the molecule is O=C(Nc1c(F)cc(F)cc1F)C1CC(O)CN1. The maximum absolute atomic E-state index is 13.3. The Labute approximate surface area is 101 Å². The zero-order valence-electron chi connectivity index (χ0n) is 9.21. The fraction of sp³-hybridized carbons (Fsp3) is 0.364. The van der Waals surface area contributed by atoms with Crippen molar-refractivity contribution in [1.29, 1.82) is 0 Å². The van der Waals surface area contributed by atoms with Crippen LogP contribution < -0.4 is 10.6 Å². The van der Waals surface area contributed by atoms with E-state index in [1.165, 1.54) is 0 Å². The molecular formula is C11H11F3N2O2. The molecule has 1 saturated heterocycles. The van der Waals surface area contributed by atoms with Gasteiger partial charge >= 0.3 is 0 Å². The van der Waals surface area contributed by atoms with Crippen molar-refractivity contribution in [3.05, 3.63) is 29.6 Å². The monoisotopic (exact) mass is 260 g/mol. The van der Waals surface area contributed by atoms with Gasteiger partial charge in [-0.25, -0.2) is 13.2 Å². The highest BCUT2D eigenvalue weighted by Gasteiger charge is 2.29. The summed E-state index contributed by atoms with van der Waals surface area (Å²) in [5.74, 6) is -4.09. The summed E-state index contributed by atoms with van der Waals surface area (Å²) in [5, 5.41) is 14.0. The van der Waals surface area contributed by atoms with E-state index in [4.69, 9.17) is 0 Å². The molecule has 1 aromatic carbocycles. The standard InChI is InChI=1S/C11H11F3N2O2/c12-5-1-7(13)10(8(14)2-5)16-11(18)9-3-6(17)4-15-9/h1-2,6,9,15,17H,3-4H2,(H,16,18). The number of β-amino-alcohol motifs (C(OH)–C–C–N with tert-alkyl or cyclic N) is 1. The molecule has 0 bridgehead atoms. The third-order valence-electron chi connectivity index (χ3n) is 2.68. The second-order valence-electron chi connectivity index (χ2n) is 4.08. The number of hydrogen-bond acceptors (Lipinski definition) is 3. The van der Waals surface area contributed by atoms with E-state index in [1.54, 1.807) is 0 Å². The number of carbonyl (C=O) groups is 1. The van der Waals surface area contributed by atoms with E-state index < -0.39 is 41.2 Å². The zero-order valence-corrected chi connectivity index (χ0v) is 9.21. The molecule has 0 spiro atoms. The van der Waals surface area contributed by atoms with Gasteiger partial charge in [0.05, 0.1) is 12.1 Å². The van der Waals surface area contributed by atoms with Crippen molar-refractivity contribution in [2.75, 3.05) is 11.9 Å². The Hall–Kier alpha value is -1.60. The number of benzene rings is 1. The first kappa shape index (κ1) is 12.8. The van der Waals surface area contributed by atoms with Gasteiger partial charge in [0.1, 0.15) is 11.5 Å². The van der Waals surface area contributed by atoms with Crippen LogP contribution in [-0.2, 0) is 4.79 Å². The highest BCUT2D eigenvalue weighted by molar-refractivity contribution is 5.95. The molecule has 0 saturated carbocycles. The molecule has 0 radical (unpaired) electrons. The molecule has 0 aliphatic carbocycles. The van der Waals surface area contributed by atoms with Crippen LogP contribution in [0.1, 0.15) is 6.42 Å². The molecule has 18 heavy (non-hydrogen) atoms. The van der Waals surface area contributed by atoms with Crippen molar-refractivity contribution in [2.24, 2.45) is 0 Å². The van der Waals surface area contributed by atoms with Gasteiger partial charge in [0.25, 0.3) is 0 Å². The smallest absolute Gasteiger partial charge is 0.241 e. The van der Waals surface area contributed by atoms with E-state index in [0.29, 0.717) is 12.1 Å². The molecule has 2 unspecified atom stereocenters. The lowest BCUT2D eigenvalue weighted by Gasteiger charge is -2.12. The Morgan fingerprint density at radius 2 is 1.94 bits per heavy atom.